The third-order valence-corrected chi connectivity index (χ3v) is 5.43. The molecule has 1 amide bonds. The highest BCUT2D eigenvalue weighted by Crippen LogP contribution is 2.27. The average Bonchev–Trinajstić information content (AvgIpc) is 2.85. The van der Waals surface area contributed by atoms with Crippen LogP contribution in [0.5, 0.6) is 0 Å². The fourth-order valence-electron chi connectivity index (χ4n) is 3.77. The lowest BCUT2D eigenvalue weighted by molar-refractivity contribution is -0.384. The van der Waals surface area contributed by atoms with E-state index in [-0.39, 0.29) is 28.8 Å². The molecule has 9 heteroatoms. The number of aromatic nitrogens is 2. The van der Waals surface area contributed by atoms with Crippen molar-refractivity contribution in [2.45, 2.75) is 12.8 Å². The van der Waals surface area contributed by atoms with Crippen molar-refractivity contribution >= 4 is 23.1 Å². The third-order valence-electron chi connectivity index (χ3n) is 5.43. The zero-order chi connectivity index (χ0) is 22.5. The number of piperidine rings is 1. The summed E-state index contributed by atoms with van der Waals surface area (Å²) >= 11 is 0. The van der Waals surface area contributed by atoms with E-state index in [9.17, 15) is 20.2 Å². The van der Waals surface area contributed by atoms with Gasteiger partial charge in [-0.25, -0.2) is 9.97 Å². The molecule has 1 aliphatic rings. The molecule has 0 aliphatic carbocycles. The molecule has 32 heavy (non-hydrogen) atoms. The van der Waals surface area contributed by atoms with Crippen molar-refractivity contribution in [1.29, 1.82) is 5.26 Å². The molecule has 0 bridgehead atoms. The molecule has 1 aliphatic heterocycles. The van der Waals surface area contributed by atoms with Gasteiger partial charge in [0.1, 0.15) is 18.2 Å². The summed E-state index contributed by atoms with van der Waals surface area (Å²) in [6.07, 6.45) is 3.04. The van der Waals surface area contributed by atoms with E-state index in [1.54, 1.807) is 0 Å². The summed E-state index contributed by atoms with van der Waals surface area (Å²) < 4.78 is 0. The van der Waals surface area contributed by atoms with Gasteiger partial charge in [0.2, 0.25) is 5.91 Å². The SMILES string of the molecule is N#Cc1cc([N+](=O)[O-])ccc1NC(=O)C1CCCN(c2cc(-c3ccccc3)ncn2)C1. The second-order valence-electron chi connectivity index (χ2n) is 7.50. The van der Waals surface area contributed by atoms with Gasteiger partial charge in [0.25, 0.3) is 5.69 Å². The van der Waals surface area contributed by atoms with Gasteiger partial charge in [-0.15, -0.1) is 0 Å². The molecule has 160 valence electrons. The number of anilines is 2. The van der Waals surface area contributed by atoms with Crippen LogP contribution in [0.15, 0.2) is 60.9 Å². The van der Waals surface area contributed by atoms with Gasteiger partial charge in [0.15, 0.2) is 0 Å². The van der Waals surface area contributed by atoms with Crippen LogP contribution in [-0.2, 0) is 4.79 Å². The van der Waals surface area contributed by atoms with Crippen LogP contribution in [0.4, 0.5) is 17.2 Å². The summed E-state index contributed by atoms with van der Waals surface area (Å²) in [4.78, 5) is 34.1. The fourth-order valence-corrected chi connectivity index (χ4v) is 3.77. The number of carbonyl (C=O) groups is 1. The number of nitro benzene ring substituents is 1. The Hall–Kier alpha value is -4.32. The number of non-ortho nitro benzene ring substituents is 1. The van der Waals surface area contributed by atoms with Crippen LogP contribution < -0.4 is 10.2 Å². The number of rotatable bonds is 5. The van der Waals surface area contributed by atoms with Crippen molar-refractivity contribution in [3.63, 3.8) is 0 Å². The van der Waals surface area contributed by atoms with Gasteiger partial charge in [0.05, 0.1) is 27.8 Å². The van der Waals surface area contributed by atoms with Crippen LogP contribution >= 0.6 is 0 Å². The van der Waals surface area contributed by atoms with Gasteiger partial charge >= 0.3 is 0 Å². The lowest BCUT2D eigenvalue weighted by Crippen LogP contribution is -2.41. The molecule has 3 aromatic rings. The lowest BCUT2D eigenvalue weighted by atomic mass is 9.96. The number of nitrogens with one attached hydrogen (secondary N) is 1. The quantitative estimate of drug-likeness (QED) is 0.484. The van der Waals surface area contributed by atoms with Crippen LogP contribution in [-0.4, -0.2) is 33.9 Å². The van der Waals surface area contributed by atoms with Gasteiger partial charge < -0.3 is 10.2 Å². The monoisotopic (exact) mass is 428 g/mol. The van der Waals surface area contributed by atoms with Crippen LogP contribution in [0, 0.1) is 27.4 Å². The van der Waals surface area contributed by atoms with E-state index in [0.29, 0.717) is 13.0 Å². The van der Waals surface area contributed by atoms with Crippen molar-refractivity contribution in [3.8, 4) is 17.3 Å². The Balaban J connectivity index is 1.48. The summed E-state index contributed by atoms with van der Waals surface area (Å²) in [5, 5.41) is 23.0. The Labute approximate surface area is 184 Å². The summed E-state index contributed by atoms with van der Waals surface area (Å²) in [6, 6.07) is 17.5. The van der Waals surface area contributed by atoms with Gasteiger partial charge in [-0.2, -0.15) is 5.26 Å². The first kappa shape index (κ1) is 20.9. The number of hydrogen-bond donors (Lipinski definition) is 1. The number of benzene rings is 2. The highest BCUT2D eigenvalue weighted by Gasteiger charge is 2.27. The normalized spacial score (nSPS) is 15.6. The predicted molar refractivity (Wildman–Crippen MR) is 119 cm³/mol. The van der Waals surface area contributed by atoms with E-state index in [0.717, 1.165) is 36.1 Å². The zero-order valence-corrected chi connectivity index (χ0v) is 17.1. The van der Waals surface area contributed by atoms with E-state index in [2.05, 4.69) is 20.2 Å². The van der Waals surface area contributed by atoms with Crippen LogP contribution in [0.2, 0.25) is 0 Å². The number of carbonyl (C=O) groups excluding carboxylic acids is 1. The van der Waals surface area contributed by atoms with Crippen molar-refractivity contribution in [1.82, 2.24) is 9.97 Å². The van der Waals surface area contributed by atoms with Gasteiger partial charge in [0, 0.05) is 36.9 Å². The van der Waals surface area contributed by atoms with Crippen LogP contribution in [0.3, 0.4) is 0 Å². The Morgan fingerprint density at radius 1 is 1.19 bits per heavy atom. The van der Waals surface area contributed by atoms with Gasteiger partial charge in [-0.3, -0.25) is 14.9 Å². The molecule has 1 aromatic heterocycles. The first-order valence-electron chi connectivity index (χ1n) is 10.2. The van der Waals surface area contributed by atoms with Crippen molar-refractivity contribution < 1.29 is 9.72 Å². The maximum absolute atomic E-state index is 12.9. The third kappa shape index (κ3) is 4.54. The first-order valence-corrected chi connectivity index (χ1v) is 10.2. The number of nitro groups is 1. The van der Waals surface area contributed by atoms with E-state index >= 15 is 0 Å². The molecule has 2 aromatic carbocycles. The van der Waals surface area contributed by atoms with Crippen LogP contribution in [0.1, 0.15) is 18.4 Å². The second-order valence-corrected chi connectivity index (χ2v) is 7.50. The molecular formula is C23H20N6O3. The number of amides is 1. The lowest BCUT2D eigenvalue weighted by Gasteiger charge is -2.33. The van der Waals surface area contributed by atoms with Gasteiger partial charge in [-0.1, -0.05) is 30.3 Å². The molecule has 4 rings (SSSR count). The molecule has 1 fully saturated rings. The standard InChI is InChI=1S/C23H20N6O3/c24-13-18-11-19(29(31)32)8-9-20(18)27-23(30)17-7-4-10-28(14-17)22-12-21(25-15-26-22)16-5-2-1-3-6-16/h1-3,5-6,8-9,11-12,15,17H,4,7,10,14H2,(H,27,30). The highest BCUT2D eigenvalue weighted by molar-refractivity contribution is 5.94. The molecule has 0 saturated carbocycles. The minimum atomic E-state index is -0.573. The maximum atomic E-state index is 12.9. The molecule has 1 atom stereocenters. The van der Waals surface area contributed by atoms with E-state index in [1.165, 1.54) is 18.5 Å². The van der Waals surface area contributed by atoms with Crippen molar-refractivity contribution in [2.24, 2.45) is 5.92 Å². The molecule has 1 unspecified atom stereocenters. The number of nitriles is 1. The van der Waals surface area contributed by atoms with E-state index in [4.69, 9.17) is 0 Å². The van der Waals surface area contributed by atoms with Gasteiger partial charge in [-0.05, 0) is 18.9 Å². The van der Waals surface area contributed by atoms with Crippen molar-refractivity contribution in [2.75, 3.05) is 23.3 Å². The van der Waals surface area contributed by atoms with E-state index in [1.807, 2.05) is 42.5 Å². The Morgan fingerprint density at radius 2 is 2.00 bits per heavy atom. The largest absolute Gasteiger partial charge is 0.356 e. The zero-order valence-electron chi connectivity index (χ0n) is 17.1. The Kier molecular flexibility index (Phi) is 6.03. The number of hydrogen-bond acceptors (Lipinski definition) is 7. The molecular weight excluding hydrogens is 408 g/mol. The Bertz CT molecular complexity index is 1190. The first-order chi connectivity index (χ1) is 15.5. The maximum Gasteiger partial charge on any atom is 0.270 e. The summed E-state index contributed by atoms with van der Waals surface area (Å²) in [6.45, 7) is 1.25. The summed E-state index contributed by atoms with van der Waals surface area (Å²) in [5.74, 6) is 0.224. The van der Waals surface area contributed by atoms with E-state index < -0.39 is 4.92 Å². The minimum absolute atomic E-state index is 0.0588. The topological polar surface area (TPSA) is 125 Å². The minimum Gasteiger partial charge on any atom is -0.356 e. The van der Waals surface area contributed by atoms with Crippen LogP contribution in [0.25, 0.3) is 11.3 Å². The predicted octanol–water partition coefficient (Wildman–Crippen LogP) is 3.78. The molecule has 0 radical (unpaired) electrons. The molecule has 2 heterocycles. The average molecular weight is 428 g/mol. The number of nitrogens with zero attached hydrogens (tertiary/aromatic N) is 5. The fraction of sp³-hybridized carbons (Fsp3) is 0.217. The molecule has 9 nitrogen and oxygen atoms in total. The Morgan fingerprint density at radius 3 is 2.75 bits per heavy atom. The summed E-state index contributed by atoms with van der Waals surface area (Å²) in [7, 11) is 0. The second kappa shape index (κ2) is 9.22. The van der Waals surface area contributed by atoms with Crippen molar-refractivity contribution in [3.05, 3.63) is 76.6 Å². The molecule has 0 spiro atoms. The smallest absolute Gasteiger partial charge is 0.270 e. The highest BCUT2D eigenvalue weighted by atomic mass is 16.6. The summed E-state index contributed by atoms with van der Waals surface area (Å²) in [5.41, 5.74) is 1.94. The molecule has 1 N–H and O–H groups in total. The molecule has 1 saturated heterocycles.